The number of imidazole rings is 1. The molecule has 2 atom stereocenters. The molecule has 2 aliphatic rings. The Morgan fingerprint density at radius 2 is 1.94 bits per heavy atom. The van der Waals surface area contributed by atoms with Gasteiger partial charge in [0.2, 0.25) is 0 Å². The van der Waals surface area contributed by atoms with Gasteiger partial charge in [0, 0.05) is 31.5 Å². The number of aromatic amines is 1. The Morgan fingerprint density at radius 1 is 1.12 bits per heavy atom. The number of rotatable bonds is 6. The largest absolute Gasteiger partial charge is 0.447 e. The van der Waals surface area contributed by atoms with Gasteiger partial charge in [-0.15, -0.1) is 0 Å². The molecule has 8 nitrogen and oxygen atoms in total. The van der Waals surface area contributed by atoms with Crippen molar-refractivity contribution in [3.63, 3.8) is 0 Å². The number of aliphatic hydroxyl groups is 1. The zero-order chi connectivity index (χ0) is 21.9. The van der Waals surface area contributed by atoms with Gasteiger partial charge >= 0.3 is 6.09 Å². The minimum Gasteiger partial charge on any atom is -0.447 e. The summed E-state index contributed by atoms with van der Waals surface area (Å²) in [5.41, 5.74) is 4.35. The second-order valence-corrected chi connectivity index (χ2v) is 8.23. The summed E-state index contributed by atoms with van der Waals surface area (Å²) in [6.45, 7) is 3.24. The average molecular weight is 434 g/mol. The molecule has 0 spiro atoms. The first kappa shape index (κ1) is 20.5. The number of anilines is 1. The zero-order valence-electron chi connectivity index (χ0n) is 17.8. The number of amides is 1. The predicted molar refractivity (Wildman–Crippen MR) is 120 cm³/mol. The molecule has 8 heteroatoms. The quantitative estimate of drug-likeness (QED) is 0.622. The van der Waals surface area contributed by atoms with E-state index in [2.05, 4.69) is 27.0 Å². The fourth-order valence-corrected chi connectivity index (χ4v) is 4.51. The lowest BCUT2D eigenvalue weighted by Gasteiger charge is -2.31. The standard InChI is InChI=1S/C24H27N5O3/c30-23(15-29-22(16-32-24(29)31)18-6-2-1-3-7-18)28-11-10-27(14-20-12-25-17-26-20)21-9-5-4-8-19(21)13-28/h1-9,12,17,22-23,30H,10-11,13-16H2,(H,25,26)/t22-,23?/m1/s1. The molecule has 0 saturated carbocycles. The lowest BCUT2D eigenvalue weighted by atomic mass is 10.1. The van der Waals surface area contributed by atoms with Crippen LogP contribution in [0.4, 0.5) is 10.5 Å². The highest BCUT2D eigenvalue weighted by atomic mass is 16.6. The number of H-pyrrole nitrogens is 1. The molecule has 166 valence electrons. The number of ether oxygens (including phenoxy) is 1. The lowest BCUT2D eigenvalue weighted by molar-refractivity contribution is -0.0193. The Bertz CT molecular complexity index is 1040. The van der Waals surface area contributed by atoms with E-state index in [1.165, 1.54) is 0 Å². The van der Waals surface area contributed by atoms with E-state index >= 15 is 0 Å². The Labute approximate surface area is 187 Å². The minimum absolute atomic E-state index is 0.186. The second kappa shape index (κ2) is 9.02. The van der Waals surface area contributed by atoms with Crippen LogP contribution in [-0.4, -0.2) is 63.4 Å². The Morgan fingerprint density at radius 3 is 2.75 bits per heavy atom. The highest BCUT2D eigenvalue weighted by molar-refractivity contribution is 5.70. The summed E-state index contributed by atoms with van der Waals surface area (Å²) in [7, 11) is 0. The number of aliphatic hydroxyl groups excluding tert-OH is 1. The van der Waals surface area contributed by atoms with E-state index < -0.39 is 6.23 Å². The van der Waals surface area contributed by atoms with Crippen LogP contribution in [-0.2, 0) is 17.8 Å². The Balaban J connectivity index is 1.32. The number of aromatic nitrogens is 2. The van der Waals surface area contributed by atoms with Crippen LogP contribution in [0.15, 0.2) is 67.1 Å². The molecule has 32 heavy (non-hydrogen) atoms. The summed E-state index contributed by atoms with van der Waals surface area (Å²) in [6.07, 6.45) is 2.34. The van der Waals surface area contributed by atoms with Gasteiger partial charge in [-0.05, 0) is 17.2 Å². The fourth-order valence-electron chi connectivity index (χ4n) is 4.51. The van der Waals surface area contributed by atoms with Crippen LogP contribution in [0.1, 0.15) is 22.9 Å². The van der Waals surface area contributed by atoms with E-state index in [4.69, 9.17) is 4.74 Å². The van der Waals surface area contributed by atoms with E-state index in [1.807, 2.05) is 53.6 Å². The normalized spacial score (nSPS) is 20.0. The third-order valence-corrected chi connectivity index (χ3v) is 6.22. The number of carbonyl (C=O) groups excluding carboxylic acids is 1. The van der Waals surface area contributed by atoms with Gasteiger partial charge < -0.3 is 19.7 Å². The summed E-state index contributed by atoms with van der Waals surface area (Å²) >= 11 is 0. The highest BCUT2D eigenvalue weighted by Crippen LogP contribution is 2.30. The molecule has 2 aromatic carbocycles. The van der Waals surface area contributed by atoms with Crippen LogP contribution in [0, 0.1) is 0 Å². The first-order valence-corrected chi connectivity index (χ1v) is 10.9. The van der Waals surface area contributed by atoms with E-state index in [0.717, 1.165) is 35.6 Å². The number of benzene rings is 2. The number of nitrogens with one attached hydrogen (secondary N) is 1. The predicted octanol–water partition coefficient (Wildman–Crippen LogP) is 2.74. The van der Waals surface area contributed by atoms with Gasteiger partial charge in [-0.2, -0.15) is 0 Å². The molecule has 2 aliphatic heterocycles. The molecule has 1 saturated heterocycles. The zero-order valence-corrected chi connectivity index (χ0v) is 17.8. The third-order valence-electron chi connectivity index (χ3n) is 6.22. The molecule has 5 rings (SSSR count). The summed E-state index contributed by atoms with van der Waals surface area (Å²) < 4.78 is 5.32. The molecule has 0 radical (unpaired) electrons. The number of β-amino-alcohol motifs (C(OH)–C–C–N with tert-alkyl or cyclic N) is 1. The SMILES string of the molecule is O=C1OC[C@H](c2ccccc2)N1CC(O)N1CCN(Cc2cnc[nH]2)c2ccccc2C1. The summed E-state index contributed by atoms with van der Waals surface area (Å²) in [4.78, 5) is 25.7. The Hall–Kier alpha value is -3.36. The van der Waals surface area contributed by atoms with Crippen LogP contribution < -0.4 is 4.90 Å². The molecule has 3 heterocycles. The summed E-state index contributed by atoms with van der Waals surface area (Å²) in [5, 5.41) is 11.2. The van der Waals surface area contributed by atoms with Crippen LogP contribution in [0.3, 0.4) is 0 Å². The van der Waals surface area contributed by atoms with Crippen molar-refractivity contribution in [3.05, 3.63) is 83.9 Å². The summed E-state index contributed by atoms with van der Waals surface area (Å²) in [6, 6.07) is 17.9. The highest BCUT2D eigenvalue weighted by Gasteiger charge is 2.36. The van der Waals surface area contributed by atoms with Gasteiger partial charge in [-0.1, -0.05) is 48.5 Å². The molecule has 0 bridgehead atoms. The van der Waals surface area contributed by atoms with E-state index in [1.54, 1.807) is 11.2 Å². The van der Waals surface area contributed by atoms with Crippen molar-refractivity contribution in [2.75, 3.05) is 31.1 Å². The number of fused-ring (bicyclic) bond motifs is 1. The summed E-state index contributed by atoms with van der Waals surface area (Å²) in [5.74, 6) is 0. The monoisotopic (exact) mass is 433 g/mol. The maximum Gasteiger partial charge on any atom is 0.410 e. The number of para-hydroxylation sites is 1. The minimum atomic E-state index is -0.799. The second-order valence-electron chi connectivity index (χ2n) is 8.23. The molecule has 3 aromatic rings. The van der Waals surface area contributed by atoms with Crippen LogP contribution in [0.5, 0.6) is 0 Å². The number of carbonyl (C=O) groups is 1. The van der Waals surface area contributed by atoms with Crippen molar-refractivity contribution in [2.45, 2.75) is 25.4 Å². The van der Waals surface area contributed by atoms with Gasteiger partial charge in [-0.3, -0.25) is 9.80 Å². The fraction of sp³-hybridized carbons (Fsp3) is 0.333. The number of cyclic esters (lactones) is 1. The van der Waals surface area contributed by atoms with Crippen LogP contribution in [0.2, 0.25) is 0 Å². The van der Waals surface area contributed by atoms with E-state index in [0.29, 0.717) is 19.7 Å². The van der Waals surface area contributed by atoms with Crippen LogP contribution in [0.25, 0.3) is 0 Å². The first-order chi connectivity index (χ1) is 15.7. The molecule has 1 aromatic heterocycles. The topological polar surface area (TPSA) is 84.9 Å². The molecule has 0 aliphatic carbocycles. The molecule has 2 N–H and O–H groups in total. The number of hydrogen-bond acceptors (Lipinski definition) is 6. The number of hydrogen-bond donors (Lipinski definition) is 2. The van der Waals surface area contributed by atoms with Crippen molar-refractivity contribution in [1.29, 1.82) is 0 Å². The molecular weight excluding hydrogens is 406 g/mol. The van der Waals surface area contributed by atoms with Crippen molar-refractivity contribution in [3.8, 4) is 0 Å². The number of nitrogens with zero attached hydrogens (tertiary/aromatic N) is 4. The van der Waals surface area contributed by atoms with Gasteiger partial charge in [-0.25, -0.2) is 9.78 Å². The maximum atomic E-state index is 12.4. The van der Waals surface area contributed by atoms with Gasteiger partial charge in [0.15, 0.2) is 0 Å². The lowest BCUT2D eigenvalue weighted by Crippen LogP contribution is -2.46. The Kier molecular flexibility index (Phi) is 5.79. The van der Waals surface area contributed by atoms with Crippen LogP contribution >= 0.6 is 0 Å². The van der Waals surface area contributed by atoms with Gasteiger partial charge in [0.25, 0.3) is 0 Å². The van der Waals surface area contributed by atoms with E-state index in [9.17, 15) is 9.90 Å². The first-order valence-electron chi connectivity index (χ1n) is 10.9. The molecule has 1 amide bonds. The smallest absolute Gasteiger partial charge is 0.410 e. The van der Waals surface area contributed by atoms with Crippen molar-refractivity contribution in [1.82, 2.24) is 19.8 Å². The van der Waals surface area contributed by atoms with Gasteiger partial charge in [0.1, 0.15) is 12.8 Å². The van der Waals surface area contributed by atoms with Crippen molar-refractivity contribution < 1.29 is 14.6 Å². The molecular formula is C24H27N5O3. The van der Waals surface area contributed by atoms with E-state index in [-0.39, 0.29) is 18.7 Å². The molecule has 1 unspecified atom stereocenters. The van der Waals surface area contributed by atoms with Crippen molar-refractivity contribution in [2.24, 2.45) is 0 Å². The molecule has 1 fully saturated rings. The van der Waals surface area contributed by atoms with Crippen molar-refractivity contribution >= 4 is 11.8 Å². The average Bonchev–Trinajstić information content (AvgIpc) is 3.41. The third kappa shape index (κ3) is 4.19. The van der Waals surface area contributed by atoms with Gasteiger partial charge in [0.05, 0.1) is 31.2 Å². The maximum absolute atomic E-state index is 12.4.